The van der Waals surface area contributed by atoms with Crippen molar-refractivity contribution in [2.45, 2.75) is 25.5 Å². The van der Waals surface area contributed by atoms with E-state index in [1.807, 2.05) is 48.5 Å². The van der Waals surface area contributed by atoms with Crippen LogP contribution < -0.4 is 14.8 Å². The molecule has 4 nitrogen and oxygen atoms in total. The third-order valence-electron chi connectivity index (χ3n) is 4.87. The van der Waals surface area contributed by atoms with Crippen LogP contribution in [0.5, 0.6) is 11.5 Å². The topological polar surface area (TPSA) is 50.7 Å². The second kappa shape index (κ2) is 7.24. The minimum absolute atomic E-state index is 0.0482. The molecule has 4 heteroatoms. The summed E-state index contributed by atoms with van der Waals surface area (Å²) in [6.45, 7) is 1.47. The van der Waals surface area contributed by atoms with Gasteiger partial charge in [0.15, 0.2) is 0 Å². The Labute approximate surface area is 143 Å². The molecule has 0 amide bonds. The highest BCUT2D eigenvalue weighted by Crippen LogP contribution is 2.54. The maximum atomic E-state index is 10.7. The summed E-state index contributed by atoms with van der Waals surface area (Å²) >= 11 is 0. The molecule has 1 saturated carbocycles. The van der Waals surface area contributed by atoms with Gasteiger partial charge < -0.3 is 19.9 Å². The second-order valence-corrected chi connectivity index (χ2v) is 6.46. The third-order valence-corrected chi connectivity index (χ3v) is 4.87. The van der Waals surface area contributed by atoms with Gasteiger partial charge in [-0.15, -0.1) is 0 Å². The van der Waals surface area contributed by atoms with Gasteiger partial charge in [0.2, 0.25) is 0 Å². The summed E-state index contributed by atoms with van der Waals surface area (Å²) in [5.74, 6) is 1.66. The van der Waals surface area contributed by atoms with Crippen molar-refractivity contribution in [2.24, 2.45) is 5.41 Å². The molecule has 1 atom stereocenters. The Balaban J connectivity index is 1.62. The van der Waals surface area contributed by atoms with E-state index in [0.717, 1.165) is 42.0 Å². The molecule has 0 aromatic heterocycles. The van der Waals surface area contributed by atoms with Crippen LogP contribution in [-0.2, 0) is 6.54 Å². The molecule has 0 saturated heterocycles. The largest absolute Gasteiger partial charge is 0.497 e. The van der Waals surface area contributed by atoms with Gasteiger partial charge in [0.25, 0.3) is 0 Å². The number of benzene rings is 2. The first-order chi connectivity index (χ1) is 11.7. The van der Waals surface area contributed by atoms with Crippen molar-refractivity contribution in [2.75, 3.05) is 20.8 Å². The minimum Gasteiger partial charge on any atom is -0.497 e. The Morgan fingerprint density at radius 3 is 2.46 bits per heavy atom. The maximum absolute atomic E-state index is 10.7. The molecule has 0 heterocycles. The van der Waals surface area contributed by atoms with Crippen molar-refractivity contribution in [1.82, 2.24) is 5.32 Å². The first kappa shape index (κ1) is 16.8. The average molecular weight is 327 g/mol. The van der Waals surface area contributed by atoms with Gasteiger partial charge in [-0.3, -0.25) is 0 Å². The molecule has 1 aliphatic rings. The predicted octanol–water partition coefficient (Wildman–Crippen LogP) is 3.31. The van der Waals surface area contributed by atoms with E-state index >= 15 is 0 Å². The Hall–Kier alpha value is -2.04. The summed E-state index contributed by atoms with van der Waals surface area (Å²) in [4.78, 5) is 0. The van der Waals surface area contributed by atoms with Gasteiger partial charge in [0.05, 0.1) is 20.3 Å². The normalized spacial score (nSPS) is 16.5. The van der Waals surface area contributed by atoms with Gasteiger partial charge in [-0.2, -0.15) is 0 Å². The zero-order valence-corrected chi connectivity index (χ0v) is 14.3. The van der Waals surface area contributed by atoms with Crippen molar-refractivity contribution < 1.29 is 14.6 Å². The van der Waals surface area contributed by atoms with Crippen molar-refractivity contribution in [3.8, 4) is 11.5 Å². The molecule has 0 spiro atoms. The monoisotopic (exact) mass is 327 g/mol. The predicted molar refractivity (Wildman–Crippen MR) is 94.3 cm³/mol. The van der Waals surface area contributed by atoms with Crippen LogP contribution in [0.1, 0.15) is 30.1 Å². The summed E-state index contributed by atoms with van der Waals surface area (Å²) in [5.41, 5.74) is 2.01. The van der Waals surface area contributed by atoms with E-state index in [1.165, 1.54) is 0 Å². The van der Waals surface area contributed by atoms with Crippen LogP contribution in [0.3, 0.4) is 0 Å². The fourth-order valence-corrected chi connectivity index (χ4v) is 3.16. The summed E-state index contributed by atoms with van der Waals surface area (Å²) in [6.07, 6.45) is 1.68. The first-order valence-electron chi connectivity index (χ1n) is 8.33. The van der Waals surface area contributed by atoms with Crippen LogP contribution in [0.4, 0.5) is 0 Å². The molecule has 0 aliphatic heterocycles. The number of aliphatic hydroxyl groups excluding tert-OH is 1. The molecule has 1 aliphatic carbocycles. The van der Waals surface area contributed by atoms with Crippen molar-refractivity contribution in [3.05, 3.63) is 59.7 Å². The lowest BCUT2D eigenvalue weighted by molar-refractivity contribution is 0.0917. The summed E-state index contributed by atoms with van der Waals surface area (Å²) in [5, 5.41) is 14.2. The molecule has 24 heavy (non-hydrogen) atoms. The van der Waals surface area contributed by atoms with Crippen LogP contribution in [0.15, 0.2) is 48.5 Å². The number of hydrogen-bond acceptors (Lipinski definition) is 4. The second-order valence-electron chi connectivity index (χ2n) is 6.46. The number of nitrogens with one attached hydrogen (secondary N) is 1. The Kier molecular flexibility index (Phi) is 5.07. The smallest absolute Gasteiger partial charge is 0.123 e. The highest BCUT2D eigenvalue weighted by Gasteiger charge is 2.48. The molecule has 3 rings (SSSR count). The highest BCUT2D eigenvalue weighted by molar-refractivity contribution is 5.40. The summed E-state index contributed by atoms with van der Waals surface area (Å²) in [6, 6.07) is 15.7. The molecular formula is C20H25NO3. The minimum atomic E-state index is -0.418. The van der Waals surface area contributed by atoms with Gasteiger partial charge >= 0.3 is 0 Å². The number of aliphatic hydroxyl groups is 1. The van der Waals surface area contributed by atoms with E-state index in [0.29, 0.717) is 6.54 Å². The van der Waals surface area contributed by atoms with Crippen LogP contribution in [0.2, 0.25) is 0 Å². The van der Waals surface area contributed by atoms with Crippen molar-refractivity contribution in [3.63, 3.8) is 0 Å². The molecule has 128 valence electrons. The SMILES string of the molecule is COc1ccc(OC)c(CNCC2(C(O)c3ccccc3)CC2)c1. The zero-order valence-electron chi connectivity index (χ0n) is 14.3. The van der Waals surface area contributed by atoms with E-state index in [2.05, 4.69) is 5.32 Å². The van der Waals surface area contributed by atoms with E-state index in [-0.39, 0.29) is 5.41 Å². The fraction of sp³-hybridized carbons (Fsp3) is 0.400. The fourth-order valence-electron chi connectivity index (χ4n) is 3.16. The average Bonchev–Trinajstić information content (AvgIpc) is 3.42. The van der Waals surface area contributed by atoms with E-state index < -0.39 is 6.10 Å². The number of rotatable bonds is 8. The zero-order chi connectivity index (χ0) is 17.0. The van der Waals surface area contributed by atoms with Gasteiger partial charge in [-0.05, 0) is 36.6 Å². The van der Waals surface area contributed by atoms with Gasteiger partial charge in [-0.1, -0.05) is 30.3 Å². The van der Waals surface area contributed by atoms with Gasteiger partial charge in [-0.25, -0.2) is 0 Å². The van der Waals surface area contributed by atoms with E-state index in [9.17, 15) is 5.11 Å². The third kappa shape index (κ3) is 3.55. The van der Waals surface area contributed by atoms with Crippen LogP contribution >= 0.6 is 0 Å². The number of methoxy groups -OCH3 is 2. The first-order valence-corrected chi connectivity index (χ1v) is 8.33. The van der Waals surface area contributed by atoms with Crippen molar-refractivity contribution >= 4 is 0 Å². The van der Waals surface area contributed by atoms with Crippen LogP contribution in [-0.4, -0.2) is 25.9 Å². The van der Waals surface area contributed by atoms with Crippen molar-refractivity contribution in [1.29, 1.82) is 0 Å². The molecule has 2 aromatic rings. The Morgan fingerprint density at radius 2 is 1.83 bits per heavy atom. The lowest BCUT2D eigenvalue weighted by Crippen LogP contribution is -2.28. The lowest BCUT2D eigenvalue weighted by Gasteiger charge is -2.23. The molecular weight excluding hydrogens is 302 g/mol. The highest BCUT2D eigenvalue weighted by atomic mass is 16.5. The number of hydrogen-bond donors (Lipinski definition) is 2. The maximum Gasteiger partial charge on any atom is 0.123 e. The standard InChI is InChI=1S/C20H25NO3/c1-23-17-8-9-18(24-2)16(12-17)13-21-14-20(10-11-20)19(22)15-6-4-3-5-7-15/h3-9,12,19,21-22H,10-11,13-14H2,1-2H3. The summed E-state index contributed by atoms with van der Waals surface area (Å²) < 4.78 is 10.7. The lowest BCUT2D eigenvalue weighted by atomic mass is 9.92. The van der Waals surface area contributed by atoms with Crippen LogP contribution in [0.25, 0.3) is 0 Å². The molecule has 2 N–H and O–H groups in total. The molecule has 1 unspecified atom stereocenters. The Bertz CT molecular complexity index is 668. The van der Waals surface area contributed by atoms with E-state index in [4.69, 9.17) is 9.47 Å². The number of ether oxygens (including phenoxy) is 2. The molecule has 0 radical (unpaired) electrons. The van der Waals surface area contributed by atoms with Gasteiger partial charge in [0.1, 0.15) is 11.5 Å². The van der Waals surface area contributed by atoms with Crippen LogP contribution in [0, 0.1) is 5.41 Å². The summed E-state index contributed by atoms with van der Waals surface area (Å²) in [7, 11) is 3.33. The molecule has 1 fully saturated rings. The Morgan fingerprint density at radius 1 is 1.08 bits per heavy atom. The molecule has 0 bridgehead atoms. The molecule has 2 aromatic carbocycles. The van der Waals surface area contributed by atoms with Gasteiger partial charge in [0, 0.05) is 24.1 Å². The quantitative estimate of drug-likeness (QED) is 0.781. The van der Waals surface area contributed by atoms with E-state index in [1.54, 1.807) is 14.2 Å².